The van der Waals surface area contributed by atoms with Crippen molar-refractivity contribution in [3.05, 3.63) is 0 Å². The van der Waals surface area contributed by atoms with E-state index >= 15 is 0 Å². The molecule has 6 heteroatoms. The van der Waals surface area contributed by atoms with Crippen LogP contribution in [0.4, 0.5) is 0 Å². The Morgan fingerprint density at radius 3 is 1.77 bits per heavy atom. The molecule has 0 spiro atoms. The van der Waals surface area contributed by atoms with Crippen LogP contribution in [0.15, 0.2) is 0 Å². The number of aliphatic hydroxyl groups is 3. The van der Waals surface area contributed by atoms with Crippen molar-refractivity contribution in [1.82, 2.24) is 0 Å². The summed E-state index contributed by atoms with van der Waals surface area (Å²) in [5.41, 5.74) is 5.02. The highest BCUT2D eigenvalue weighted by atomic mass is 16.4. The van der Waals surface area contributed by atoms with Crippen LogP contribution in [0.1, 0.15) is 13.3 Å². The smallest absolute Gasteiger partial charge is 0.320 e. The van der Waals surface area contributed by atoms with Crippen molar-refractivity contribution in [3.63, 3.8) is 0 Å². The van der Waals surface area contributed by atoms with Crippen LogP contribution >= 0.6 is 0 Å². The zero-order valence-electron chi connectivity index (χ0n) is 7.55. The molecule has 80 valence electrons. The molecule has 0 radical (unpaired) electrons. The minimum Gasteiger partial charge on any atom is -0.480 e. The van der Waals surface area contributed by atoms with Crippen molar-refractivity contribution in [2.45, 2.75) is 25.5 Å². The molecule has 0 amide bonds. The summed E-state index contributed by atoms with van der Waals surface area (Å²) in [5, 5.41) is 32.1. The van der Waals surface area contributed by atoms with E-state index in [1.807, 2.05) is 0 Å². The molecule has 0 fully saturated rings. The Labute approximate surface area is 76.6 Å². The van der Waals surface area contributed by atoms with Gasteiger partial charge >= 0.3 is 5.97 Å². The number of carbonyl (C=O) groups is 1. The van der Waals surface area contributed by atoms with Crippen LogP contribution < -0.4 is 5.73 Å². The number of nitrogens with two attached hydrogens (primary N) is 1. The summed E-state index contributed by atoms with van der Waals surface area (Å²) in [6.45, 7) is 1.01. The first-order valence-corrected chi connectivity index (χ1v) is 3.87. The fraction of sp³-hybridized carbons (Fsp3) is 0.857. The van der Waals surface area contributed by atoms with Crippen molar-refractivity contribution < 1.29 is 25.2 Å². The molecule has 0 aromatic heterocycles. The van der Waals surface area contributed by atoms with Gasteiger partial charge in [0.25, 0.3) is 0 Å². The van der Waals surface area contributed by atoms with Crippen LogP contribution in [0.2, 0.25) is 0 Å². The van der Waals surface area contributed by atoms with Gasteiger partial charge < -0.3 is 26.2 Å². The maximum Gasteiger partial charge on any atom is 0.320 e. The summed E-state index contributed by atoms with van der Waals surface area (Å²) >= 11 is 0. The van der Waals surface area contributed by atoms with Gasteiger partial charge in [0, 0.05) is 0 Å². The lowest BCUT2D eigenvalue weighted by molar-refractivity contribution is -0.138. The van der Waals surface area contributed by atoms with Gasteiger partial charge in [0.05, 0.1) is 13.2 Å². The van der Waals surface area contributed by atoms with Crippen molar-refractivity contribution in [3.8, 4) is 0 Å². The van der Waals surface area contributed by atoms with Gasteiger partial charge in [-0.3, -0.25) is 4.79 Å². The highest BCUT2D eigenvalue weighted by molar-refractivity contribution is 5.72. The number of carboxylic acids is 1. The average molecular weight is 195 g/mol. The van der Waals surface area contributed by atoms with Crippen LogP contribution in [0.25, 0.3) is 0 Å². The molecule has 0 heterocycles. The van der Waals surface area contributed by atoms with Crippen molar-refractivity contribution in [2.75, 3.05) is 13.2 Å². The summed E-state index contributed by atoms with van der Waals surface area (Å²) in [5.74, 6) is -0.928. The van der Waals surface area contributed by atoms with Gasteiger partial charge in [0.2, 0.25) is 0 Å². The Balaban J connectivity index is 0. The van der Waals surface area contributed by atoms with E-state index in [2.05, 4.69) is 0 Å². The van der Waals surface area contributed by atoms with E-state index in [4.69, 9.17) is 26.2 Å². The molecule has 0 bridgehead atoms. The molecule has 0 saturated heterocycles. The topological polar surface area (TPSA) is 124 Å². The van der Waals surface area contributed by atoms with Crippen LogP contribution in [-0.4, -0.2) is 51.8 Å². The van der Waals surface area contributed by atoms with E-state index in [0.29, 0.717) is 6.42 Å². The summed E-state index contributed by atoms with van der Waals surface area (Å²) in [6, 6.07) is -0.681. The number of carboxylic acid groups (broad SMARTS) is 1. The molecule has 6 nitrogen and oxygen atoms in total. The Hall–Kier alpha value is -0.690. The Kier molecular flexibility index (Phi) is 10.7. The number of aliphatic carboxylic acids is 1. The molecule has 0 aromatic carbocycles. The predicted octanol–water partition coefficient (Wildman–Crippen LogP) is -1.86. The molecule has 0 aromatic rings. The number of hydrogen-bond acceptors (Lipinski definition) is 5. The second kappa shape index (κ2) is 9.40. The zero-order valence-corrected chi connectivity index (χ0v) is 7.55. The van der Waals surface area contributed by atoms with E-state index in [9.17, 15) is 4.79 Å². The van der Waals surface area contributed by atoms with E-state index in [1.54, 1.807) is 6.92 Å². The van der Waals surface area contributed by atoms with E-state index in [1.165, 1.54) is 0 Å². The quantitative estimate of drug-likeness (QED) is 0.358. The monoisotopic (exact) mass is 195 g/mol. The van der Waals surface area contributed by atoms with Crippen LogP contribution in [0.5, 0.6) is 0 Å². The number of aliphatic hydroxyl groups excluding tert-OH is 3. The standard InChI is InChI=1S/C4H9NO2.C3H8O3/c1-2-3(5)4(6)7;4-1-3(6)2-5/h3H,2,5H2,1H3,(H,6,7);3-6H,1-2H2. The molecule has 1 unspecified atom stereocenters. The van der Waals surface area contributed by atoms with E-state index < -0.39 is 18.1 Å². The average Bonchev–Trinajstić information content (AvgIpc) is 2.16. The lowest BCUT2D eigenvalue weighted by Gasteiger charge is -1.97. The lowest BCUT2D eigenvalue weighted by atomic mass is 10.2. The highest BCUT2D eigenvalue weighted by Crippen LogP contribution is 1.82. The largest absolute Gasteiger partial charge is 0.480 e. The predicted molar refractivity (Wildman–Crippen MR) is 46.1 cm³/mol. The Bertz CT molecular complexity index is 126. The second-order valence-corrected chi connectivity index (χ2v) is 2.37. The lowest BCUT2D eigenvalue weighted by Crippen LogP contribution is -2.28. The van der Waals surface area contributed by atoms with Gasteiger partial charge in [0.1, 0.15) is 12.1 Å². The summed E-state index contributed by atoms with van der Waals surface area (Å²) in [7, 11) is 0. The van der Waals surface area contributed by atoms with Crippen molar-refractivity contribution in [1.29, 1.82) is 0 Å². The molecular formula is C7H17NO5. The fourth-order valence-corrected chi connectivity index (χ4v) is 0.232. The van der Waals surface area contributed by atoms with Crippen LogP contribution in [-0.2, 0) is 4.79 Å². The molecule has 0 aliphatic heterocycles. The second-order valence-electron chi connectivity index (χ2n) is 2.37. The minimum atomic E-state index is -0.954. The van der Waals surface area contributed by atoms with Crippen LogP contribution in [0.3, 0.4) is 0 Å². The first-order valence-electron chi connectivity index (χ1n) is 3.87. The van der Waals surface area contributed by atoms with E-state index in [-0.39, 0.29) is 13.2 Å². The Morgan fingerprint density at radius 1 is 1.38 bits per heavy atom. The molecule has 0 rings (SSSR count). The number of rotatable bonds is 4. The fourth-order valence-electron chi connectivity index (χ4n) is 0.232. The van der Waals surface area contributed by atoms with Gasteiger partial charge in [-0.05, 0) is 6.42 Å². The molecule has 0 aliphatic rings. The van der Waals surface area contributed by atoms with Crippen molar-refractivity contribution in [2.24, 2.45) is 5.73 Å². The van der Waals surface area contributed by atoms with Gasteiger partial charge in [-0.1, -0.05) is 6.92 Å². The van der Waals surface area contributed by atoms with E-state index in [0.717, 1.165) is 0 Å². The first kappa shape index (κ1) is 14.8. The van der Waals surface area contributed by atoms with Gasteiger partial charge in [-0.15, -0.1) is 0 Å². The maximum absolute atomic E-state index is 9.81. The third-order valence-electron chi connectivity index (χ3n) is 1.18. The zero-order chi connectivity index (χ0) is 10.9. The SMILES string of the molecule is CCC(N)C(=O)O.OCC(O)CO. The van der Waals surface area contributed by atoms with Gasteiger partial charge in [0.15, 0.2) is 0 Å². The molecule has 0 saturated carbocycles. The molecule has 1 atom stereocenters. The van der Waals surface area contributed by atoms with Gasteiger partial charge in [-0.2, -0.15) is 0 Å². The molecule has 0 aliphatic carbocycles. The third-order valence-corrected chi connectivity index (χ3v) is 1.18. The minimum absolute atomic E-state index is 0.365. The van der Waals surface area contributed by atoms with Crippen molar-refractivity contribution >= 4 is 5.97 Å². The third kappa shape index (κ3) is 11.3. The van der Waals surface area contributed by atoms with Crippen LogP contribution in [0, 0.1) is 0 Å². The number of hydrogen-bond donors (Lipinski definition) is 5. The Morgan fingerprint density at radius 2 is 1.77 bits per heavy atom. The maximum atomic E-state index is 9.81. The summed E-state index contributed by atoms with van der Waals surface area (Å²) < 4.78 is 0. The highest BCUT2D eigenvalue weighted by Gasteiger charge is 2.05. The van der Waals surface area contributed by atoms with Gasteiger partial charge in [-0.25, -0.2) is 0 Å². The normalized spacial score (nSPS) is 11.8. The summed E-state index contributed by atoms with van der Waals surface area (Å²) in [6.07, 6.45) is -0.458. The molecule has 13 heavy (non-hydrogen) atoms. The molecule has 6 N–H and O–H groups in total. The summed E-state index contributed by atoms with van der Waals surface area (Å²) in [4.78, 5) is 9.81. The first-order chi connectivity index (χ1) is 5.99. The molecular weight excluding hydrogens is 178 g/mol.